The van der Waals surface area contributed by atoms with Gasteiger partial charge in [-0.2, -0.15) is 0 Å². The lowest BCUT2D eigenvalue weighted by molar-refractivity contribution is -0.113. The normalized spacial score (nSPS) is 10.7. The summed E-state index contributed by atoms with van der Waals surface area (Å²) in [5.74, 6) is 0.828. The predicted molar refractivity (Wildman–Crippen MR) is 107 cm³/mol. The Morgan fingerprint density at radius 2 is 1.88 bits per heavy atom. The first kappa shape index (κ1) is 18.8. The molecular weight excluding hydrogens is 391 g/mol. The third-order valence-corrected chi connectivity index (χ3v) is 5.34. The Morgan fingerprint density at radius 1 is 1.12 bits per heavy atom. The third kappa shape index (κ3) is 4.20. The van der Waals surface area contributed by atoms with Crippen LogP contribution >= 0.6 is 35.0 Å². The summed E-state index contributed by atoms with van der Waals surface area (Å²) in [5, 5.41) is 12.6. The lowest BCUT2D eigenvalue weighted by Crippen LogP contribution is -2.15. The number of rotatable bonds is 6. The van der Waals surface area contributed by atoms with E-state index in [1.807, 2.05) is 41.8 Å². The zero-order valence-corrected chi connectivity index (χ0v) is 16.3. The van der Waals surface area contributed by atoms with E-state index < -0.39 is 0 Å². The van der Waals surface area contributed by atoms with Crippen LogP contribution in [0.4, 0.5) is 5.69 Å². The molecule has 0 saturated carbocycles. The molecule has 0 unspecified atom stereocenters. The molecule has 1 aromatic heterocycles. The molecule has 8 heteroatoms. The van der Waals surface area contributed by atoms with Crippen LogP contribution in [0.3, 0.4) is 0 Å². The number of aromatic nitrogens is 3. The van der Waals surface area contributed by atoms with Crippen molar-refractivity contribution >= 4 is 46.6 Å². The average molecular weight is 407 g/mol. The summed E-state index contributed by atoms with van der Waals surface area (Å²) in [7, 11) is 0. The third-order valence-electron chi connectivity index (χ3n) is 3.59. The molecule has 0 saturated heterocycles. The van der Waals surface area contributed by atoms with Crippen molar-refractivity contribution in [1.82, 2.24) is 14.8 Å². The summed E-state index contributed by atoms with van der Waals surface area (Å²) >= 11 is 13.4. The number of para-hydroxylation sites is 1. The minimum absolute atomic E-state index is 0.178. The largest absolute Gasteiger partial charge is 0.324 e. The number of carbonyl (C=O) groups excluding carboxylic acids is 1. The van der Waals surface area contributed by atoms with E-state index in [1.165, 1.54) is 11.8 Å². The van der Waals surface area contributed by atoms with Crippen molar-refractivity contribution in [2.45, 2.75) is 18.5 Å². The van der Waals surface area contributed by atoms with Gasteiger partial charge in [0.25, 0.3) is 0 Å². The molecule has 0 aliphatic rings. The smallest absolute Gasteiger partial charge is 0.234 e. The number of carbonyl (C=O) groups is 1. The Morgan fingerprint density at radius 3 is 2.62 bits per heavy atom. The second kappa shape index (κ2) is 8.58. The van der Waals surface area contributed by atoms with E-state index in [-0.39, 0.29) is 11.7 Å². The molecule has 26 heavy (non-hydrogen) atoms. The van der Waals surface area contributed by atoms with Crippen molar-refractivity contribution in [3.63, 3.8) is 0 Å². The topological polar surface area (TPSA) is 59.8 Å². The molecular formula is C18H16Cl2N4OS. The van der Waals surface area contributed by atoms with Crippen molar-refractivity contribution < 1.29 is 4.79 Å². The van der Waals surface area contributed by atoms with Gasteiger partial charge in [-0.1, -0.05) is 66.2 Å². The quantitative estimate of drug-likeness (QED) is 0.593. The van der Waals surface area contributed by atoms with Crippen LogP contribution in [0.15, 0.2) is 53.7 Å². The van der Waals surface area contributed by atoms with Crippen LogP contribution < -0.4 is 5.32 Å². The number of halogens is 2. The van der Waals surface area contributed by atoms with E-state index in [0.717, 1.165) is 17.9 Å². The molecule has 0 bridgehead atoms. The molecule has 2 aromatic carbocycles. The van der Waals surface area contributed by atoms with Crippen molar-refractivity contribution in [1.29, 1.82) is 0 Å². The Labute approximate surface area is 165 Å². The number of hydrogen-bond acceptors (Lipinski definition) is 4. The van der Waals surface area contributed by atoms with E-state index >= 15 is 0 Å². The molecule has 0 aliphatic carbocycles. The maximum Gasteiger partial charge on any atom is 0.234 e. The van der Waals surface area contributed by atoms with E-state index in [9.17, 15) is 4.79 Å². The molecule has 0 fully saturated rings. The van der Waals surface area contributed by atoms with Crippen LogP contribution in [0.25, 0.3) is 5.69 Å². The van der Waals surface area contributed by atoms with E-state index in [4.69, 9.17) is 23.2 Å². The summed E-state index contributed by atoms with van der Waals surface area (Å²) in [4.78, 5) is 12.3. The number of anilines is 1. The number of aryl methyl sites for hydroxylation is 1. The molecule has 134 valence electrons. The number of hydrogen-bond donors (Lipinski definition) is 1. The highest BCUT2D eigenvalue weighted by Gasteiger charge is 2.15. The van der Waals surface area contributed by atoms with Crippen LogP contribution in [0, 0.1) is 0 Å². The second-order valence-electron chi connectivity index (χ2n) is 5.36. The number of thioether (sulfide) groups is 1. The van der Waals surface area contributed by atoms with Crippen LogP contribution in [0.5, 0.6) is 0 Å². The molecule has 1 heterocycles. The number of nitrogens with one attached hydrogen (secondary N) is 1. The summed E-state index contributed by atoms with van der Waals surface area (Å²) in [5.41, 5.74) is 1.46. The van der Waals surface area contributed by atoms with Crippen LogP contribution in [0.2, 0.25) is 10.0 Å². The number of benzene rings is 2. The van der Waals surface area contributed by atoms with Crippen molar-refractivity contribution in [2.75, 3.05) is 11.1 Å². The SMILES string of the molecule is CCc1nnc(SCC(=O)Nc2cccc(Cl)c2Cl)n1-c1ccccc1. The summed E-state index contributed by atoms with van der Waals surface area (Å²) in [6, 6.07) is 14.9. The van der Waals surface area contributed by atoms with Crippen LogP contribution in [0.1, 0.15) is 12.7 Å². The summed E-state index contributed by atoms with van der Waals surface area (Å²) < 4.78 is 1.96. The van der Waals surface area contributed by atoms with Gasteiger partial charge in [0.05, 0.1) is 21.5 Å². The zero-order valence-electron chi connectivity index (χ0n) is 13.9. The van der Waals surface area contributed by atoms with Gasteiger partial charge in [0.1, 0.15) is 5.82 Å². The Kier molecular flexibility index (Phi) is 6.19. The average Bonchev–Trinajstić information content (AvgIpc) is 3.07. The van der Waals surface area contributed by atoms with Gasteiger partial charge in [0.2, 0.25) is 5.91 Å². The van der Waals surface area contributed by atoms with Crippen molar-refractivity contribution in [2.24, 2.45) is 0 Å². The molecule has 3 rings (SSSR count). The fourth-order valence-electron chi connectivity index (χ4n) is 2.38. The highest BCUT2D eigenvalue weighted by atomic mass is 35.5. The van der Waals surface area contributed by atoms with Gasteiger partial charge in [-0.25, -0.2) is 0 Å². The van der Waals surface area contributed by atoms with Gasteiger partial charge in [-0.05, 0) is 24.3 Å². The van der Waals surface area contributed by atoms with Gasteiger partial charge < -0.3 is 5.32 Å². The maximum atomic E-state index is 12.3. The Hall–Kier alpha value is -2.02. The molecule has 0 atom stereocenters. The first-order valence-corrected chi connectivity index (χ1v) is 9.70. The molecule has 1 amide bonds. The van der Waals surface area contributed by atoms with E-state index in [1.54, 1.807) is 18.2 Å². The second-order valence-corrected chi connectivity index (χ2v) is 7.09. The standard InChI is InChI=1S/C18H16Cl2N4OS/c1-2-15-22-23-18(24(15)12-7-4-3-5-8-12)26-11-16(25)21-14-10-6-9-13(19)17(14)20/h3-10H,2,11H2,1H3,(H,21,25). The van der Waals surface area contributed by atoms with Gasteiger partial charge in [0, 0.05) is 12.1 Å². The van der Waals surface area contributed by atoms with Crippen LogP contribution in [-0.2, 0) is 11.2 Å². The summed E-state index contributed by atoms with van der Waals surface area (Å²) in [6.45, 7) is 2.02. The predicted octanol–water partition coefficient (Wildman–Crippen LogP) is 4.87. The summed E-state index contributed by atoms with van der Waals surface area (Å²) in [6.07, 6.45) is 0.743. The number of nitrogens with zero attached hydrogens (tertiary/aromatic N) is 3. The maximum absolute atomic E-state index is 12.3. The van der Waals surface area contributed by atoms with E-state index in [2.05, 4.69) is 15.5 Å². The van der Waals surface area contributed by atoms with Crippen molar-refractivity contribution in [3.8, 4) is 5.69 Å². The number of amides is 1. The Balaban J connectivity index is 1.73. The molecule has 3 aromatic rings. The van der Waals surface area contributed by atoms with Gasteiger partial charge in [-0.3, -0.25) is 9.36 Å². The first-order chi connectivity index (χ1) is 12.6. The van der Waals surface area contributed by atoms with Gasteiger partial charge in [-0.15, -0.1) is 10.2 Å². The molecule has 0 aliphatic heterocycles. The lowest BCUT2D eigenvalue weighted by atomic mass is 10.3. The first-order valence-electron chi connectivity index (χ1n) is 7.96. The lowest BCUT2D eigenvalue weighted by Gasteiger charge is -2.10. The minimum atomic E-state index is -0.195. The molecule has 0 radical (unpaired) electrons. The van der Waals surface area contributed by atoms with Gasteiger partial charge in [0.15, 0.2) is 5.16 Å². The zero-order chi connectivity index (χ0) is 18.5. The van der Waals surface area contributed by atoms with Gasteiger partial charge >= 0.3 is 0 Å². The minimum Gasteiger partial charge on any atom is -0.324 e. The molecule has 0 spiro atoms. The Bertz CT molecular complexity index is 915. The molecule has 5 nitrogen and oxygen atoms in total. The fraction of sp³-hybridized carbons (Fsp3) is 0.167. The highest BCUT2D eigenvalue weighted by molar-refractivity contribution is 7.99. The van der Waals surface area contributed by atoms with Crippen molar-refractivity contribution in [3.05, 3.63) is 64.4 Å². The fourth-order valence-corrected chi connectivity index (χ4v) is 3.49. The monoisotopic (exact) mass is 406 g/mol. The van der Waals surface area contributed by atoms with E-state index in [0.29, 0.717) is 20.9 Å². The molecule has 1 N–H and O–H groups in total. The highest BCUT2D eigenvalue weighted by Crippen LogP contribution is 2.30. The van der Waals surface area contributed by atoms with Crippen LogP contribution in [-0.4, -0.2) is 26.4 Å².